The van der Waals surface area contributed by atoms with Gasteiger partial charge in [-0.25, -0.2) is 0 Å². The van der Waals surface area contributed by atoms with E-state index in [1.165, 1.54) is 45.0 Å². The third-order valence-corrected chi connectivity index (χ3v) is 6.58. The summed E-state index contributed by atoms with van der Waals surface area (Å²) in [6.45, 7) is 7.11. The number of nitrogens with one attached hydrogen (secondary N) is 6. The molecular formula is C29H46N10O9. The number of non-ortho nitro benzene ring substituents is 1. The van der Waals surface area contributed by atoms with Crippen molar-refractivity contribution in [1.29, 1.82) is 0 Å². The van der Waals surface area contributed by atoms with Crippen molar-refractivity contribution in [2.45, 2.75) is 84.2 Å². The molecule has 48 heavy (non-hydrogen) atoms. The first-order valence-electron chi connectivity index (χ1n) is 15.1. The lowest BCUT2D eigenvalue weighted by Crippen LogP contribution is -2.60. The van der Waals surface area contributed by atoms with E-state index in [4.69, 9.17) is 11.5 Å². The van der Waals surface area contributed by atoms with E-state index in [0.29, 0.717) is 0 Å². The molecule has 6 amide bonds. The molecule has 1 aromatic rings. The predicted molar refractivity (Wildman–Crippen MR) is 175 cm³/mol. The largest absolute Gasteiger partial charge is 0.391 e. The minimum absolute atomic E-state index is 0.0279. The Morgan fingerprint density at radius 1 is 0.875 bits per heavy atom. The molecule has 0 spiro atoms. The third-order valence-electron chi connectivity index (χ3n) is 6.58. The lowest BCUT2D eigenvalue weighted by atomic mass is 10.0. The van der Waals surface area contributed by atoms with Gasteiger partial charge in [-0.1, -0.05) is 13.8 Å². The highest BCUT2D eigenvalue weighted by atomic mass is 16.6. The second-order valence-electron chi connectivity index (χ2n) is 11.4. The molecule has 11 N–H and O–H groups in total. The molecule has 0 bridgehead atoms. The zero-order valence-electron chi connectivity index (χ0n) is 27.6. The van der Waals surface area contributed by atoms with Crippen molar-refractivity contribution in [2.24, 2.45) is 22.4 Å². The second-order valence-corrected chi connectivity index (χ2v) is 11.4. The Morgan fingerprint density at radius 2 is 1.50 bits per heavy atom. The van der Waals surface area contributed by atoms with Crippen LogP contribution in [0.25, 0.3) is 0 Å². The molecule has 0 aliphatic heterocycles. The summed E-state index contributed by atoms with van der Waals surface area (Å²) in [5, 5.41) is 36.1. The molecule has 0 aromatic heterocycles. The topological polar surface area (TPSA) is 302 Å². The van der Waals surface area contributed by atoms with Crippen LogP contribution >= 0.6 is 0 Å². The van der Waals surface area contributed by atoms with Gasteiger partial charge in [-0.2, -0.15) is 0 Å². The standard InChI is InChI=1S/C29H46N10O9/c1-15(2)13-22(36-23(42)14-33-25(43)16(3)34-18(5)41)27(45)38-24(17(4)40)28(46)37-21(7-6-12-32-29(30)31)26(44)35-19-8-10-20(11-9-19)39(47)48/h8-11,15-17,21-22,24,40H,6-7,12-14H2,1-5H3,(H,33,43)(H,34,41)(H,35,44)(H,36,42)(H,37,46)(H,38,45)(H4,30,31,32)/t16-,17+,21-,22-,24-/m0/s1. The highest BCUT2D eigenvalue weighted by Crippen LogP contribution is 2.16. The fourth-order valence-corrected chi connectivity index (χ4v) is 4.23. The molecule has 0 unspecified atom stereocenters. The molecule has 0 radical (unpaired) electrons. The minimum atomic E-state index is -1.56. The Hall–Kier alpha value is -5.33. The van der Waals surface area contributed by atoms with Gasteiger partial charge in [0.05, 0.1) is 17.6 Å². The molecular weight excluding hydrogens is 632 g/mol. The first-order chi connectivity index (χ1) is 22.4. The number of aliphatic hydroxyl groups is 1. The van der Waals surface area contributed by atoms with E-state index in [2.05, 4.69) is 36.9 Å². The van der Waals surface area contributed by atoms with Gasteiger partial charge in [-0.15, -0.1) is 0 Å². The number of hydrogen-bond acceptors (Lipinski definition) is 10. The number of nitro benzene ring substituents is 1. The minimum Gasteiger partial charge on any atom is -0.391 e. The maximum atomic E-state index is 13.4. The molecule has 0 aliphatic carbocycles. The van der Waals surface area contributed by atoms with Gasteiger partial charge in [0.2, 0.25) is 35.4 Å². The molecule has 1 rings (SSSR count). The van der Waals surface area contributed by atoms with E-state index in [9.17, 15) is 44.0 Å². The Balaban J connectivity index is 3.06. The highest BCUT2D eigenvalue weighted by Gasteiger charge is 2.32. The van der Waals surface area contributed by atoms with Gasteiger partial charge in [-0.05, 0) is 51.2 Å². The van der Waals surface area contributed by atoms with Crippen LogP contribution in [0.2, 0.25) is 0 Å². The maximum Gasteiger partial charge on any atom is 0.269 e. The van der Waals surface area contributed by atoms with E-state index in [1.54, 1.807) is 13.8 Å². The van der Waals surface area contributed by atoms with Gasteiger partial charge in [-0.3, -0.25) is 43.9 Å². The van der Waals surface area contributed by atoms with E-state index >= 15 is 0 Å². The fourth-order valence-electron chi connectivity index (χ4n) is 4.23. The van der Waals surface area contributed by atoms with Crippen molar-refractivity contribution in [3.8, 4) is 0 Å². The molecule has 0 saturated carbocycles. The molecule has 19 nitrogen and oxygen atoms in total. The number of nitrogens with zero attached hydrogens (tertiary/aromatic N) is 2. The smallest absolute Gasteiger partial charge is 0.269 e. The van der Waals surface area contributed by atoms with Crippen LogP contribution in [0.1, 0.15) is 53.9 Å². The highest BCUT2D eigenvalue weighted by molar-refractivity contribution is 5.99. The average Bonchev–Trinajstić information content (AvgIpc) is 2.98. The first-order valence-corrected chi connectivity index (χ1v) is 15.1. The normalized spacial score (nSPS) is 13.8. The maximum absolute atomic E-state index is 13.4. The molecule has 19 heteroatoms. The number of nitrogens with two attached hydrogens (primary N) is 2. The van der Waals surface area contributed by atoms with Crippen LogP contribution in [0, 0.1) is 16.0 Å². The van der Waals surface area contributed by atoms with Crippen molar-refractivity contribution in [1.82, 2.24) is 26.6 Å². The summed E-state index contributed by atoms with van der Waals surface area (Å²) < 4.78 is 0. The molecule has 0 heterocycles. The Labute approximate surface area is 277 Å². The van der Waals surface area contributed by atoms with Crippen molar-refractivity contribution < 1.29 is 38.8 Å². The van der Waals surface area contributed by atoms with Crippen molar-refractivity contribution in [2.75, 3.05) is 18.4 Å². The molecule has 1 aromatic carbocycles. The number of rotatable bonds is 19. The average molecular weight is 679 g/mol. The number of hydrogen-bond donors (Lipinski definition) is 9. The second kappa shape index (κ2) is 20.0. The lowest BCUT2D eigenvalue weighted by molar-refractivity contribution is -0.384. The summed E-state index contributed by atoms with van der Waals surface area (Å²) in [5.74, 6) is -4.48. The van der Waals surface area contributed by atoms with Crippen LogP contribution in [-0.2, 0) is 28.8 Å². The van der Waals surface area contributed by atoms with E-state index in [-0.39, 0.29) is 49.1 Å². The molecule has 0 saturated heterocycles. The quantitative estimate of drug-likeness (QED) is 0.0256. The van der Waals surface area contributed by atoms with Crippen molar-refractivity contribution in [3.05, 3.63) is 34.4 Å². The summed E-state index contributed by atoms with van der Waals surface area (Å²) in [7, 11) is 0. The third kappa shape index (κ3) is 15.3. The number of benzene rings is 1. The molecule has 266 valence electrons. The summed E-state index contributed by atoms with van der Waals surface area (Å²) in [6.07, 6.45) is -1.04. The number of aliphatic imine (C=N–C) groups is 1. The summed E-state index contributed by atoms with van der Waals surface area (Å²) in [5.41, 5.74) is 10.7. The van der Waals surface area contributed by atoms with E-state index < -0.39 is 77.2 Å². The Morgan fingerprint density at radius 3 is 2.02 bits per heavy atom. The van der Waals surface area contributed by atoms with Crippen LogP contribution in [0.15, 0.2) is 29.3 Å². The van der Waals surface area contributed by atoms with Gasteiger partial charge < -0.3 is 48.5 Å². The summed E-state index contributed by atoms with van der Waals surface area (Å²) >= 11 is 0. The summed E-state index contributed by atoms with van der Waals surface area (Å²) in [6, 6.07) is 0.154. The number of nitro groups is 1. The Bertz CT molecular complexity index is 1330. The van der Waals surface area contributed by atoms with E-state index in [1.807, 2.05) is 0 Å². The SMILES string of the molecule is CC(=O)N[C@@H](C)C(=O)NCC(=O)N[C@@H](CC(C)C)C(=O)N[C@H](C(=O)N[C@@H](CCCN=C(N)N)C(=O)Nc1ccc([N+](=O)[O-])cc1)[C@@H](C)O. The van der Waals surface area contributed by atoms with Crippen LogP contribution in [0.5, 0.6) is 0 Å². The van der Waals surface area contributed by atoms with Crippen LogP contribution < -0.4 is 43.4 Å². The van der Waals surface area contributed by atoms with E-state index in [0.717, 1.165) is 0 Å². The number of amides is 6. The van der Waals surface area contributed by atoms with Crippen molar-refractivity contribution in [3.63, 3.8) is 0 Å². The van der Waals surface area contributed by atoms with Gasteiger partial charge in [0.1, 0.15) is 24.2 Å². The number of guanidine groups is 1. The lowest BCUT2D eigenvalue weighted by Gasteiger charge is -2.27. The fraction of sp³-hybridized carbons (Fsp3) is 0.552. The molecule has 0 aliphatic rings. The van der Waals surface area contributed by atoms with Crippen molar-refractivity contribution >= 4 is 52.8 Å². The number of aliphatic hydroxyl groups excluding tert-OH is 1. The number of carbonyl (C=O) groups excluding carboxylic acids is 6. The molecule has 5 atom stereocenters. The Kier molecular flexibility index (Phi) is 17.0. The van der Waals surface area contributed by atoms with Gasteiger partial charge >= 0.3 is 0 Å². The first kappa shape index (κ1) is 40.7. The number of anilines is 1. The zero-order chi connectivity index (χ0) is 36.6. The van der Waals surface area contributed by atoms with Gasteiger partial charge in [0, 0.05) is 31.3 Å². The van der Waals surface area contributed by atoms with Gasteiger partial charge in [0.15, 0.2) is 5.96 Å². The number of carbonyl (C=O) groups is 6. The summed E-state index contributed by atoms with van der Waals surface area (Å²) in [4.78, 5) is 89.9. The monoisotopic (exact) mass is 678 g/mol. The van der Waals surface area contributed by atoms with Crippen LogP contribution in [0.3, 0.4) is 0 Å². The predicted octanol–water partition coefficient (Wildman–Crippen LogP) is -1.89. The zero-order valence-corrected chi connectivity index (χ0v) is 27.6. The molecule has 0 fully saturated rings. The van der Waals surface area contributed by atoms with Crippen LogP contribution in [0.4, 0.5) is 11.4 Å². The van der Waals surface area contributed by atoms with Crippen LogP contribution in [-0.4, -0.2) is 94.8 Å². The van der Waals surface area contributed by atoms with Gasteiger partial charge in [0.25, 0.3) is 5.69 Å².